The molecule has 5 aromatic rings. The van der Waals surface area contributed by atoms with Gasteiger partial charge in [0, 0.05) is 36.6 Å². The molecule has 34 heavy (non-hydrogen) atoms. The lowest BCUT2D eigenvalue weighted by Gasteiger charge is -2.14. The summed E-state index contributed by atoms with van der Waals surface area (Å²) >= 11 is 1.49. The molecule has 0 saturated carbocycles. The van der Waals surface area contributed by atoms with E-state index in [2.05, 4.69) is 32.2 Å². The lowest BCUT2D eigenvalue weighted by Crippen LogP contribution is -2.29. The predicted molar refractivity (Wildman–Crippen MR) is 130 cm³/mol. The van der Waals surface area contributed by atoms with Gasteiger partial charge in [-0.2, -0.15) is 5.10 Å². The van der Waals surface area contributed by atoms with E-state index in [0.29, 0.717) is 5.69 Å². The van der Waals surface area contributed by atoms with Gasteiger partial charge < -0.3 is 11.1 Å². The molecule has 0 aliphatic heterocycles. The molecule has 1 amide bonds. The van der Waals surface area contributed by atoms with E-state index in [4.69, 9.17) is 10.7 Å². The lowest BCUT2D eigenvalue weighted by atomic mass is 10.1. The van der Waals surface area contributed by atoms with E-state index in [9.17, 15) is 4.79 Å². The minimum Gasteiger partial charge on any atom is -0.382 e. The average molecular weight is 469 g/mol. The first kappa shape index (κ1) is 21.4. The third kappa shape index (κ3) is 4.00. The maximum atomic E-state index is 12.8. The minimum absolute atomic E-state index is 0.0772. The normalized spacial score (nSPS) is 11.7. The average Bonchev–Trinajstić information content (AvgIpc) is 3.53. The van der Waals surface area contributed by atoms with Crippen molar-refractivity contribution in [2.75, 3.05) is 5.73 Å². The Morgan fingerprint density at radius 1 is 1.15 bits per heavy atom. The van der Waals surface area contributed by atoms with Crippen LogP contribution in [0.4, 0.5) is 5.82 Å². The molecule has 0 aliphatic rings. The quantitative estimate of drug-likeness (QED) is 0.392. The Hall–Kier alpha value is -4.49. The SMILES string of the molecule is C[C@@H](NC(=O)c1nccnc1N)c1nc2scc(C#Cc3ccn(C)n3)n2c1-c1ccccc1. The molecule has 168 valence electrons. The number of benzene rings is 1. The molecule has 9 nitrogen and oxygen atoms in total. The summed E-state index contributed by atoms with van der Waals surface area (Å²) in [5.41, 5.74) is 9.93. The molecule has 0 spiro atoms. The Labute approximate surface area is 199 Å². The van der Waals surface area contributed by atoms with Gasteiger partial charge in [-0.15, -0.1) is 11.3 Å². The van der Waals surface area contributed by atoms with Crippen LogP contribution in [0.3, 0.4) is 0 Å². The fourth-order valence-corrected chi connectivity index (χ4v) is 4.43. The van der Waals surface area contributed by atoms with E-state index in [-0.39, 0.29) is 11.5 Å². The summed E-state index contributed by atoms with van der Waals surface area (Å²) in [6.07, 6.45) is 4.73. The number of nitrogens with two attached hydrogens (primary N) is 1. The van der Waals surface area contributed by atoms with Gasteiger partial charge in [0.15, 0.2) is 16.5 Å². The highest BCUT2D eigenvalue weighted by Crippen LogP contribution is 2.33. The van der Waals surface area contributed by atoms with Crippen LogP contribution in [-0.2, 0) is 7.05 Å². The van der Waals surface area contributed by atoms with Crippen molar-refractivity contribution in [3.8, 4) is 23.1 Å². The van der Waals surface area contributed by atoms with Gasteiger partial charge in [0.05, 0.1) is 17.4 Å². The molecule has 3 N–H and O–H groups in total. The van der Waals surface area contributed by atoms with Crippen molar-refractivity contribution in [1.29, 1.82) is 0 Å². The van der Waals surface area contributed by atoms with E-state index in [1.165, 1.54) is 23.7 Å². The summed E-state index contributed by atoms with van der Waals surface area (Å²) in [4.78, 5) is 26.5. The molecule has 0 unspecified atom stereocenters. The fraction of sp³-hybridized carbons (Fsp3) is 0.125. The standard InChI is InChI=1S/C24H20N8OS/c1-15(28-23(33)20-22(25)27-12-11-26-20)19-21(16-6-4-3-5-7-16)32-18(14-34-24(32)29-19)9-8-17-10-13-31(2)30-17/h3-7,10-15H,1-2H3,(H2,25,27)(H,28,33)/t15-/m1/s1. The first-order valence-electron chi connectivity index (χ1n) is 10.5. The fourth-order valence-electron chi connectivity index (χ4n) is 3.61. The van der Waals surface area contributed by atoms with Gasteiger partial charge in [-0.1, -0.05) is 30.3 Å². The second-order valence-electron chi connectivity index (χ2n) is 7.56. The number of anilines is 1. The number of nitrogen functional groups attached to an aromatic ring is 1. The van der Waals surface area contributed by atoms with Crippen LogP contribution in [0.1, 0.15) is 40.5 Å². The largest absolute Gasteiger partial charge is 0.382 e. The summed E-state index contributed by atoms with van der Waals surface area (Å²) in [5, 5.41) is 9.25. The van der Waals surface area contributed by atoms with Crippen LogP contribution in [0.2, 0.25) is 0 Å². The van der Waals surface area contributed by atoms with Crippen molar-refractivity contribution in [3.05, 3.63) is 83.1 Å². The van der Waals surface area contributed by atoms with Gasteiger partial charge in [0.25, 0.3) is 5.91 Å². The van der Waals surface area contributed by atoms with Crippen LogP contribution < -0.4 is 11.1 Å². The third-order valence-electron chi connectivity index (χ3n) is 5.17. The molecular formula is C24H20N8OS. The van der Waals surface area contributed by atoms with Gasteiger partial charge in [0.2, 0.25) is 0 Å². The number of hydrogen-bond acceptors (Lipinski definition) is 7. The first-order chi connectivity index (χ1) is 16.5. The lowest BCUT2D eigenvalue weighted by molar-refractivity contribution is 0.0935. The molecule has 4 aromatic heterocycles. The Kier molecular flexibility index (Phi) is 5.53. The molecule has 0 saturated heterocycles. The van der Waals surface area contributed by atoms with Crippen molar-refractivity contribution < 1.29 is 4.79 Å². The smallest absolute Gasteiger partial charge is 0.274 e. The molecule has 5 rings (SSSR count). The van der Waals surface area contributed by atoms with Crippen LogP contribution >= 0.6 is 11.3 Å². The van der Waals surface area contributed by atoms with Crippen LogP contribution in [0.25, 0.3) is 16.2 Å². The second kappa shape index (κ2) is 8.80. The molecular weight excluding hydrogens is 448 g/mol. The Bertz CT molecular complexity index is 1550. The molecule has 4 heterocycles. The zero-order valence-electron chi connectivity index (χ0n) is 18.4. The van der Waals surface area contributed by atoms with E-state index in [1.54, 1.807) is 4.68 Å². The van der Waals surface area contributed by atoms with Gasteiger partial charge in [0.1, 0.15) is 11.4 Å². The van der Waals surface area contributed by atoms with Gasteiger partial charge in [-0.25, -0.2) is 15.0 Å². The number of imidazole rings is 1. The summed E-state index contributed by atoms with van der Waals surface area (Å²) in [6, 6.07) is 11.3. The number of carbonyl (C=O) groups excluding carboxylic acids is 1. The number of aryl methyl sites for hydroxylation is 1. The number of amides is 1. The molecule has 1 aromatic carbocycles. The van der Waals surface area contributed by atoms with Crippen molar-refractivity contribution in [1.82, 2.24) is 34.4 Å². The molecule has 0 radical (unpaired) electrons. The van der Waals surface area contributed by atoms with E-state index in [1.807, 2.05) is 66.3 Å². The van der Waals surface area contributed by atoms with Crippen molar-refractivity contribution in [2.45, 2.75) is 13.0 Å². The van der Waals surface area contributed by atoms with Crippen molar-refractivity contribution in [3.63, 3.8) is 0 Å². The third-order valence-corrected chi connectivity index (χ3v) is 6.00. The van der Waals surface area contributed by atoms with Crippen molar-refractivity contribution in [2.24, 2.45) is 7.05 Å². The minimum atomic E-state index is -0.423. The Balaban J connectivity index is 1.58. The second-order valence-corrected chi connectivity index (χ2v) is 8.40. The molecule has 10 heteroatoms. The van der Waals surface area contributed by atoms with Crippen molar-refractivity contribution >= 4 is 28.0 Å². The highest BCUT2D eigenvalue weighted by molar-refractivity contribution is 7.15. The zero-order valence-corrected chi connectivity index (χ0v) is 19.2. The molecule has 0 aliphatic carbocycles. The molecule has 0 bridgehead atoms. The van der Waals surface area contributed by atoms with E-state index >= 15 is 0 Å². The maximum absolute atomic E-state index is 12.8. The number of nitrogens with zero attached hydrogens (tertiary/aromatic N) is 6. The number of rotatable bonds is 4. The monoisotopic (exact) mass is 468 g/mol. The number of nitrogens with one attached hydrogen (secondary N) is 1. The van der Waals surface area contributed by atoms with Gasteiger partial charge >= 0.3 is 0 Å². The Morgan fingerprint density at radius 3 is 2.68 bits per heavy atom. The highest BCUT2D eigenvalue weighted by atomic mass is 32.1. The number of fused-ring (bicyclic) bond motifs is 1. The number of aromatic nitrogens is 6. The van der Waals surface area contributed by atoms with Crippen LogP contribution in [0, 0.1) is 11.8 Å². The number of hydrogen-bond donors (Lipinski definition) is 2. The molecule has 1 atom stereocenters. The topological polar surface area (TPSA) is 116 Å². The van der Waals surface area contributed by atoms with E-state index < -0.39 is 11.9 Å². The van der Waals surface area contributed by atoms with Crippen LogP contribution in [0.15, 0.2) is 60.4 Å². The highest BCUT2D eigenvalue weighted by Gasteiger charge is 2.24. The maximum Gasteiger partial charge on any atom is 0.274 e. The zero-order chi connectivity index (χ0) is 23.7. The van der Waals surface area contributed by atoms with Crippen LogP contribution in [0.5, 0.6) is 0 Å². The summed E-state index contributed by atoms with van der Waals surface area (Å²) in [5.74, 6) is 6.00. The summed E-state index contributed by atoms with van der Waals surface area (Å²) in [7, 11) is 1.86. The van der Waals surface area contributed by atoms with E-state index in [0.717, 1.165) is 27.6 Å². The Morgan fingerprint density at radius 2 is 1.94 bits per heavy atom. The summed E-state index contributed by atoms with van der Waals surface area (Å²) in [6.45, 7) is 1.88. The summed E-state index contributed by atoms with van der Waals surface area (Å²) < 4.78 is 3.73. The van der Waals surface area contributed by atoms with Gasteiger partial charge in [-0.3, -0.25) is 13.9 Å². The predicted octanol–water partition coefficient (Wildman–Crippen LogP) is 3.06. The molecule has 0 fully saturated rings. The number of carbonyl (C=O) groups is 1. The first-order valence-corrected chi connectivity index (χ1v) is 11.3. The van der Waals surface area contributed by atoms with Gasteiger partial charge in [-0.05, 0) is 24.8 Å². The van der Waals surface area contributed by atoms with Crippen LogP contribution in [-0.4, -0.2) is 35.0 Å². The number of thiazole rings is 1.